The smallest absolute Gasteiger partial charge is 0.261 e. The molecule has 0 aromatic carbocycles. The first kappa shape index (κ1) is 23.6. The molecule has 0 radical (unpaired) electrons. The first-order valence-corrected chi connectivity index (χ1v) is 9.75. The first-order valence-electron chi connectivity index (χ1n) is 9.75. The van der Waals surface area contributed by atoms with E-state index < -0.39 is 0 Å². The van der Waals surface area contributed by atoms with Crippen LogP contribution < -0.4 is 5.32 Å². The average molecular weight is 382 g/mol. The lowest BCUT2D eigenvalue weighted by Gasteiger charge is -2.38. The summed E-state index contributed by atoms with van der Waals surface area (Å²) in [6, 6.07) is 2.04. The lowest BCUT2D eigenvalue weighted by molar-refractivity contribution is -0.136. The molecule has 0 heterocycles. The lowest BCUT2D eigenvalue weighted by atomic mass is 9.82. The maximum Gasteiger partial charge on any atom is 0.261 e. The van der Waals surface area contributed by atoms with E-state index >= 15 is 0 Å². The van der Waals surface area contributed by atoms with Crippen LogP contribution in [0.15, 0.2) is 11.6 Å². The zero-order valence-electron chi connectivity index (χ0n) is 17.4. The third-order valence-corrected chi connectivity index (χ3v) is 5.28. The van der Waals surface area contributed by atoms with E-state index in [2.05, 4.69) is 24.1 Å². The predicted octanol–water partition coefficient (Wildman–Crippen LogP) is 1.74. The second kappa shape index (κ2) is 12.8. The summed E-state index contributed by atoms with van der Waals surface area (Å²) in [6.45, 7) is 7.74. The van der Waals surface area contributed by atoms with Gasteiger partial charge in [0.05, 0.1) is 12.2 Å². The molecule has 7 heteroatoms. The number of nitriles is 1. The largest absolute Gasteiger partial charge is 0.379 e. The Bertz CT molecular complexity index is 500. The highest BCUT2D eigenvalue weighted by molar-refractivity contribution is 5.97. The number of allylic oxidation sites excluding steroid dienone is 1. The maximum atomic E-state index is 12.4. The predicted molar refractivity (Wildman–Crippen MR) is 104 cm³/mol. The second-order valence-corrected chi connectivity index (χ2v) is 6.81. The van der Waals surface area contributed by atoms with Crippen LogP contribution in [0.4, 0.5) is 0 Å². The van der Waals surface area contributed by atoms with E-state index in [0.29, 0.717) is 19.4 Å². The van der Waals surface area contributed by atoms with Gasteiger partial charge in [-0.25, -0.2) is 0 Å². The molecule has 0 aromatic heterocycles. The van der Waals surface area contributed by atoms with Gasteiger partial charge in [0, 0.05) is 27.9 Å². The Morgan fingerprint density at radius 3 is 2.19 bits per heavy atom. The summed E-state index contributed by atoms with van der Waals surface area (Å²) in [6.07, 6.45) is 3.58. The highest BCUT2D eigenvalue weighted by atomic mass is 16.6. The molecule has 0 aromatic rings. The third-order valence-electron chi connectivity index (χ3n) is 5.28. The fourth-order valence-corrected chi connectivity index (χ4v) is 3.64. The minimum atomic E-state index is -0.311. The number of methoxy groups -OCH3 is 3. The molecule has 2 unspecified atom stereocenters. The van der Waals surface area contributed by atoms with Crippen LogP contribution in [0.1, 0.15) is 33.1 Å². The Hall–Kier alpha value is -1.46. The van der Waals surface area contributed by atoms with Crippen molar-refractivity contribution in [1.82, 2.24) is 10.2 Å². The molecule has 1 fully saturated rings. The molecule has 1 aliphatic carbocycles. The van der Waals surface area contributed by atoms with E-state index in [1.54, 1.807) is 27.4 Å². The zero-order chi connectivity index (χ0) is 20.2. The molecule has 7 nitrogen and oxygen atoms in total. The van der Waals surface area contributed by atoms with Gasteiger partial charge >= 0.3 is 0 Å². The lowest BCUT2D eigenvalue weighted by Crippen LogP contribution is -2.47. The van der Waals surface area contributed by atoms with Crippen LogP contribution in [0.25, 0.3) is 0 Å². The number of nitrogens with one attached hydrogen (secondary N) is 1. The number of nitrogens with zero attached hydrogens (tertiary/aromatic N) is 2. The van der Waals surface area contributed by atoms with Gasteiger partial charge in [-0.3, -0.25) is 4.79 Å². The topological polar surface area (TPSA) is 83.8 Å². The van der Waals surface area contributed by atoms with Gasteiger partial charge in [-0.15, -0.1) is 0 Å². The van der Waals surface area contributed by atoms with Crippen molar-refractivity contribution in [3.05, 3.63) is 11.6 Å². The van der Waals surface area contributed by atoms with Gasteiger partial charge in [0.1, 0.15) is 17.7 Å². The molecule has 1 saturated carbocycles. The summed E-state index contributed by atoms with van der Waals surface area (Å²) < 4.78 is 16.6. The van der Waals surface area contributed by atoms with Gasteiger partial charge in [-0.05, 0) is 44.8 Å². The van der Waals surface area contributed by atoms with Crippen LogP contribution in [0.2, 0.25) is 0 Å². The third kappa shape index (κ3) is 7.23. The summed E-state index contributed by atoms with van der Waals surface area (Å²) in [5, 5.41) is 12.3. The van der Waals surface area contributed by atoms with Gasteiger partial charge in [0.25, 0.3) is 5.91 Å². The molecule has 2 atom stereocenters. The van der Waals surface area contributed by atoms with E-state index in [9.17, 15) is 10.1 Å². The highest BCUT2D eigenvalue weighted by Crippen LogP contribution is 2.31. The number of carbonyl (C=O) groups excluding carboxylic acids is 1. The normalized spacial score (nSPS) is 26.0. The first-order chi connectivity index (χ1) is 13.0. The van der Waals surface area contributed by atoms with Crippen molar-refractivity contribution >= 4 is 5.91 Å². The van der Waals surface area contributed by atoms with Crippen LogP contribution in [0.5, 0.6) is 0 Å². The number of ether oxygens (including phenoxy) is 3. The van der Waals surface area contributed by atoms with Gasteiger partial charge < -0.3 is 24.4 Å². The number of hydrogen-bond donors (Lipinski definition) is 1. The summed E-state index contributed by atoms with van der Waals surface area (Å²) in [5.74, 6) is -0.281. The molecule has 0 bridgehead atoms. The van der Waals surface area contributed by atoms with Gasteiger partial charge in [-0.1, -0.05) is 19.9 Å². The van der Waals surface area contributed by atoms with Crippen molar-refractivity contribution < 1.29 is 19.0 Å². The molecule has 1 N–H and O–H groups in total. The van der Waals surface area contributed by atoms with Crippen molar-refractivity contribution in [2.45, 2.75) is 51.4 Å². The quantitative estimate of drug-likeness (QED) is 0.333. The van der Waals surface area contributed by atoms with Gasteiger partial charge in [-0.2, -0.15) is 5.26 Å². The van der Waals surface area contributed by atoms with E-state index in [1.165, 1.54) is 0 Å². The average Bonchev–Trinajstić information content (AvgIpc) is 2.70. The van der Waals surface area contributed by atoms with Crippen molar-refractivity contribution in [2.24, 2.45) is 5.92 Å². The molecule has 154 valence electrons. The van der Waals surface area contributed by atoms with Crippen molar-refractivity contribution in [3.8, 4) is 6.07 Å². The van der Waals surface area contributed by atoms with Gasteiger partial charge in [0.2, 0.25) is 0 Å². The second-order valence-electron chi connectivity index (χ2n) is 6.81. The summed E-state index contributed by atoms with van der Waals surface area (Å²) in [7, 11) is 4.93. The Kier molecular flexibility index (Phi) is 11.2. The molecular weight excluding hydrogens is 346 g/mol. The number of hydrogen-bond acceptors (Lipinski definition) is 6. The fraction of sp³-hybridized carbons (Fsp3) is 0.800. The molecule has 27 heavy (non-hydrogen) atoms. The zero-order valence-corrected chi connectivity index (χ0v) is 17.4. The van der Waals surface area contributed by atoms with E-state index in [-0.39, 0.29) is 35.7 Å². The maximum absolute atomic E-state index is 12.4. The number of carbonyl (C=O) groups is 1. The molecular formula is C20H35N3O4. The summed E-state index contributed by atoms with van der Waals surface area (Å²) >= 11 is 0. The Labute approximate surface area is 163 Å². The molecule has 1 amide bonds. The Morgan fingerprint density at radius 2 is 1.74 bits per heavy atom. The Morgan fingerprint density at radius 1 is 1.15 bits per heavy atom. The van der Waals surface area contributed by atoms with E-state index in [1.807, 2.05) is 6.07 Å². The molecule has 0 saturated heterocycles. The monoisotopic (exact) mass is 381 g/mol. The standard InChI is InChI=1S/C20H35N3O4/c1-6-23(7-2)10-8-9-22-20(24)16(14-21)11-15-12-17(25-3)19(27-5)18(13-15)26-4/h11,15,17-19H,6-10,12-13H2,1-5H3,(H,22,24)/b16-11-. The van der Waals surface area contributed by atoms with E-state index in [4.69, 9.17) is 14.2 Å². The van der Waals surface area contributed by atoms with Crippen LogP contribution >= 0.6 is 0 Å². The SMILES string of the molecule is CCN(CC)CCCNC(=O)/C(C#N)=C\C1CC(OC)C(OC)C(OC)C1. The minimum Gasteiger partial charge on any atom is -0.379 e. The molecule has 1 rings (SSSR count). The van der Waals surface area contributed by atoms with E-state index in [0.717, 1.165) is 26.1 Å². The van der Waals surface area contributed by atoms with Gasteiger partial charge in [0.15, 0.2) is 0 Å². The molecule has 1 aliphatic rings. The number of rotatable bonds is 11. The highest BCUT2D eigenvalue weighted by Gasteiger charge is 2.38. The van der Waals surface area contributed by atoms with Crippen LogP contribution in [0, 0.1) is 17.2 Å². The molecule has 0 aliphatic heterocycles. The summed E-state index contributed by atoms with van der Waals surface area (Å²) in [5.41, 5.74) is 0.156. The van der Waals surface area contributed by atoms with Crippen molar-refractivity contribution in [3.63, 3.8) is 0 Å². The fourth-order valence-electron chi connectivity index (χ4n) is 3.64. The molecule has 0 spiro atoms. The number of amides is 1. The van der Waals surface area contributed by atoms with Crippen molar-refractivity contribution in [1.29, 1.82) is 5.26 Å². The minimum absolute atomic E-state index is 0.0300. The van der Waals surface area contributed by atoms with Crippen LogP contribution in [-0.2, 0) is 19.0 Å². The van der Waals surface area contributed by atoms with Crippen molar-refractivity contribution in [2.75, 3.05) is 47.5 Å². The summed E-state index contributed by atoms with van der Waals surface area (Å²) in [4.78, 5) is 14.7. The van der Waals surface area contributed by atoms with Crippen LogP contribution in [0.3, 0.4) is 0 Å². The Balaban J connectivity index is 2.64. The van der Waals surface area contributed by atoms with Crippen LogP contribution in [-0.4, -0.2) is 76.6 Å².